The summed E-state index contributed by atoms with van der Waals surface area (Å²) in [6, 6.07) is 0.525. The number of carbonyl (C=O) groups excluding carboxylic acids is 1. The molecule has 6 nitrogen and oxygen atoms in total. The molecule has 1 heterocycles. The Balaban J connectivity index is 2.38. The first-order valence-corrected chi connectivity index (χ1v) is 10.0. The lowest BCUT2D eigenvalue weighted by molar-refractivity contribution is -0.143. The molecule has 1 aliphatic rings. The first kappa shape index (κ1) is 26.7. The Hall–Kier alpha value is -2.60. The predicted octanol–water partition coefficient (Wildman–Crippen LogP) is 3.66. The molecule has 1 aliphatic heterocycles. The van der Waals surface area contributed by atoms with Crippen LogP contribution in [0.3, 0.4) is 0 Å². The number of aliphatic hydroxyl groups is 1. The van der Waals surface area contributed by atoms with E-state index in [2.05, 4.69) is 10.3 Å². The number of nitrogens with zero attached hydrogens (tertiary/aromatic N) is 3. The van der Waals surface area contributed by atoms with E-state index in [1.165, 1.54) is 22.9 Å². The Bertz CT molecular complexity index is 882. The van der Waals surface area contributed by atoms with Crippen molar-refractivity contribution in [3.63, 3.8) is 0 Å². The summed E-state index contributed by atoms with van der Waals surface area (Å²) in [6.07, 6.45) is -9.29. The zero-order chi connectivity index (χ0) is 25.1. The van der Waals surface area contributed by atoms with Gasteiger partial charge in [-0.05, 0) is 46.1 Å². The predicted molar refractivity (Wildman–Crippen MR) is 112 cm³/mol. The van der Waals surface area contributed by atoms with Gasteiger partial charge in [-0.25, -0.2) is 0 Å². The summed E-state index contributed by atoms with van der Waals surface area (Å²) in [7, 11) is 3.22. The molecule has 2 unspecified atom stereocenters. The van der Waals surface area contributed by atoms with Crippen LogP contribution in [0.5, 0.6) is 0 Å². The molecule has 184 valence electrons. The van der Waals surface area contributed by atoms with Gasteiger partial charge in [0.2, 0.25) is 5.91 Å². The number of benzene rings is 1. The van der Waals surface area contributed by atoms with Gasteiger partial charge < -0.3 is 15.3 Å². The van der Waals surface area contributed by atoms with Gasteiger partial charge in [-0.15, -0.1) is 0 Å². The standard InChI is InChI=1S/C21H26F6N4O2/c1-12-5-6-31(11-16(29-12)10-28-19(33)18(13(2)32)30(3)4)17-8-14(20(22,23)24)7-15(9-17)21(25,26)27/h7-9,11,13,18,32H,5-6,10H2,1-4H3,(H,28,33). The van der Waals surface area contributed by atoms with Crippen LogP contribution in [0.25, 0.3) is 0 Å². The van der Waals surface area contributed by atoms with Crippen molar-refractivity contribution in [2.24, 2.45) is 4.99 Å². The number of aliphatic hydroxyl groups excluding tert-OH is 1. The monoisotopic (exact) mass is 480 g/mol. The van der Waals surface area contributed by atoms with E-state index in [4.69, 9.17) is 0 Å². The molecule has 0 aromatic heterocycles. The van der Waals surface area contributed by atoms with Gasteiger partial charge in [0.1, 0.15) is 6.04 Å². The quantitative estimate of drug-likeness (QED) is 0.610. The fraction of sp³-hybridized carbons (Fsp3) is 0.524. The zero-order valence-corrected chi connectivity index (χ0v) is 18.6. The van der Waals surface area contributed by atoms with E-state index in [-0.39, 0.29) is 30.5 Å². The van der Waals surface area contributed by atoms with Crippen LogP contribution in [-0.2, 0) is 17.1 Å². The van der Waals surface area contributed by atoms with Crippen molar-refractivity contribution in [1.82, 2.24) is 10.2 Å². The van der Waals surface area contributed by atoms with E-state index in [0.29, 0.717) is 24.3 Å². The summed E-state index contributed by atoms with van der Waals surface area (Å²) in [5.41, 5.74) is -2.28. The molecule has 0 radical (unpaired) electrons. The van der Waals surface area contributed by atoms with E-state index in [0.717, 1.165) is 0 Å². The molecular formula is C21H26F6N4O2. The van der Waals surface area contributed by atoms with Crippen molar-refractivity contribution < 1.29 is 36.2 Å². The van der Waals surface area contributed by atoms with Crippen molar-refractivity contribution in [3.05, 3.63) is 41.2 Å². The Labute approximate surface area is 187 Å². The maximum absolute atomic E-state index is 13.2. The summed E-state index contributed by atoms with van der Waals surface area (Å²) in [5.74, 6) is -0.502. The van der Waals surface area contributed by atoms with Gasteiger partial charge in [0.15, 0.2) is 0 Å². The van der Waals surface area contributed by atoms with Crippen LogP contribution in [0.1, 0.15) is 31.4 Å². The highest BCUT2D eigenvalue weighted by Crippen LogP contribution is 2.38. The van der Waals surface area contributed by atoms with E-state index in [1.54, 1.807) is 21.0 Å². The second kappa shape index (κ2) is 10.1. The summed E-state index contributed by atoms with van der Waals surface area (Å²) in [4.78, 5) is 19.5. The number of hydrogen-bond donors (Lipinski definition) is 2. The average molecular weight is 480 g/mol. The maximum Gasteiger partial charge on any atom is 0.416 e. The number of hydrogen-bond acceptors (Lipinski definition) is 5. The second-order valence-electron chi connectivity index (χ2n) is 8.04. The van der Waals surface area contributed by atoms with E-state index in [9.17, 15) is 36.2 Å². The molecule has 0 saturated carbocycles. The molecule has 2 rings (SSSR count). The molecule has 0 saturated heterocycles. The Morgan fingerprint density at radius 3 is 2.15 bits per heavy atom. The fourth-order valence-corrected chi connectivity index (χ4v) is 3.42. The molecule has 0 fully saturated rings. The van der Waals surface area contributed by atoms with Crippen LogP contribution in [0.4, 0.5) is 32.0 Å². The van der Waals surface area contributed by atoms with Gasteiger partial charge in [-0.3, -0.25) is 14.7 Å². The first-order valence-electron chi connectivity index (χ1n) is 10.0. The first-order chi connectivity index (χ1) is 15.1. The summed E-state index contributed by atoms with van der Waals surface area (Å²) < 4.78 is 79.5. The Kier molecular flexibility index (Phi) is 8.18. The number of aliphatic imine (C=N–C) groups is 1. The van der Waals surface area contributed by atoms with Crippen LogP contribution in [0.15, 0.2) is 35.1 Å². The molecule has 0 bridgehead atoms. The van der Waals surface area contributed by atoms with Gasteiger partial charge in [0, 0.05) is 30.6 Å². The minimum Gasteiger partial charge on any atom is -0.391 e. The highest BCUT2D eigenvalue weighted by atomic mass is 19.4. The lowest BCUT2D eigenvalue weighted by Crippen LogP contribution is -2.50. The van der Waals surface area contributed by atoms with E-state index < -0.39 is 41.5 Å². The molecule has 1 aromatic carbocycles. The molecule has 0 aliphatic carbocycles. The second-order valence-corrected chi connectivity index (χ2v) is 8.04. The third-order valence-corrected chi connectivity index (χ3v) is 4.98. The molecule has 12 heteroatoms. The van der Waals surface area contributed by atoms with Gasteiger partial charge in [-0.2, -0.15) is 26.3 Å². The minimum absolute atomic E-state index is 0.0748. The largest absolute Gasteiger partial charge is 0.416 e. The number of rotatable bonds is 6. The smallest absolute Gasteiger partial charge is 0.391 e. The summed E-state index contributed by atoms with van der Waals surface area (Å²) in [6.45, 7) is 3.09. The Morgan fingerprint density at radius 1 is 1.15 bits per heavy atom. The van der Waals surface area contributed by atoms with Gasteiger partial charge >= 0.3 is 12.4 Å². The highest BCUT2D eigenvalue weighted by molar-refractivity contribution is 5.85. The van der Waals surface area contributed by atoms with Crippen LogP contribution in [0, 0.1) is 0 Å². The van der Waals surface area contributed by atoms with Gasteiger partial charge in [0.25, 0.3) is 0 Å². The lowest BCUT2D eigenvalue weighted by atomic mass is 10.1. The average Bonchev–Trinajstić information content (AvgIpc) is 2.85. The van der Waals surface area contributed by atoms with Crippen LogP contribution in [0.2, 0.25) is 0 Å². The molecule has 0 spiro atoms. The molecule has 1 amide bonds. The maximum atomic E-state index is 13.2. The van der Waals surface area contributed by atoms with Gasteiger partial charge in [-0.1, -0.05) is 0 Å². The van der Waals surface area contributed by atoms with Crippen molar-refractivity contribution >= 4 is 17.3 Å². The SMILES string of the molecule is CC1=NC(CNC(=O)C(C(C)O)N(C)C)=CN(c2cc(C(F)(F)F)cc(C(F)(F)F)c2)CC1. The zero-order valence-electron chi connectivity index (χ0n) is 18.6. The summed E-state index contributed by atoms with van der Waals surface area (Å²) in [5, 5.41) is 12.4. The molecular weight excluding hydrogens is 454 g/mol. The Morgan fingerprint density at radius 2 is 1.70 bits per heavy atom. The van der Waals surface area contributed by atoms with E-state index in [1.807, 2.05) is 0 Å². The van der Waals surface area contributed by atoms with Crippen LogP contribution >= 0.6 is 0 Å². The van der Waals surface area contributed by atoms with Gasteiger partial charge in [0.05, 0.1) is 29.5 Å². The lowest BCUT2D eigenvalue weighted by Gasteiger charge is -2.26. The van der Waals surface area contributed by atoms with Crippen LogP contribution in [-0.4, -0.2) is 61.0 Å². The van der Waals surface area contributed by atoms with Crippen molar-refractivity contribution in [2.45, 2.75) is 44.8 Å². The topological polar surface area (TPSA) is 68.2 Å². The number of amides is 1. The van der Waals surface area contributed by atoms with E-state index >= 15 is 0 Å². The fourth-order valence-electron chi connectivity index (χ4n) is 3.42. The highest BCUT2D eigenvalue weighted by Gasteiger charge is 2.37. The third kappa shape index (κ3) is 7.19. The third-order valence-electron chi connectivity index (χ3n) is 4.98. The molecule has 33 heavy (non-hydrogen) atoms. The van der Waals surface area contributed by atoms with Crippen molar-refractivity contribution in [2.75, 3.05) is 32.1 Å². The number of carbonyl (C=O) groups is 1. The molecule has 2 atom stereocenters. The number of alkyl halides is 6. The normalized spacial score (nSPS) is 17.3. The molecule has 2 N–H and O–H groups in total. The number of nitrogens with one attached hydrogen (secondary N) is 1. The minimum atomic E-state index is -4.96. The van der Waals surface area contributed by atoms with Crippen LogP contribution < -0.4 is 10.2 Å². The number of anilines is 1. The number of likely N-dealkylation sites (N-methyl/N-ethyl adjacent to an activating group) is 1. The number of halogens is 6. The van der Waals surface area contributed by atoms with Crippen molar-refractivity contribution in [3.8, 4) is 0 Å². The summed E-state index contributed by atoms with van der Waals surface area (Å²) >= 11 is 0. The molecule has 1 aromatic rings. The van der Waals surface area contributed by atoms with Crippen molar-refractivity contribution in [1.29, 1.82) is 0 Å².